The molecule has 2 aliphatic rings. The highest BCUT2D eigenvalue weighted by Gasteiger charge is 2.63. The minimum atomic E-state index is -2.73. The van der Waals surface area contributed by atoms with E-state index in [4.69, 9.17) is 4.74 Å². The second-order valence-corrected chi connectivity index (χ2v) is 6.15. The van der Waals surface area contributed by atoms with Crippen molar-refractivity contribution in [1.29, 1.82) is 0 Å². The summed E-state index contributed by atoms with van der Waals surface area (Å²) in [7, 11) is 0. The van der Waals surface area contributed by atoms with E-state index >= 15 is 0 Å². The molecule has 2 saturated heterocycles. The van der Waals surface area contributed by atoms with Crippen molar-refractivity contribution in [3.63, 3.8) is 0 Å². The van der Waals surface area contributed by atoms with E-state index < -0.39 is 23.2 Å². The van der Waals surface area contributed by atoms with Gasteiger partial charge in [-0.3, -0.25) is 5.32 Å². The Labute approximate surface area is 106 Å². The van der Waals surface area contributed by atoms with Gasteiger partial charge in [-0.25, -0.2) is 13.6 Å². The highest BCUT2D eigenvalue weighted by molar-refractivity contribution is 5.68. The minimum absolute atomic E-state index is 0.0227. The first-order valence-corrected chi connectivity index (χ1v) is 6.26. The fourth-order valence-corrected chi connectivity index (χ4v) is 2.45. The van der Waals surface area contributed by atoms with E-state index in [1.54, 1.807) is 20.8 Å². The molecular weight excluding hydrogens is 242 g/mol. The van der Waals surface area contributed by atoms with Crippen LogP contribution in [0.5, 0.6) is 0 Å². The van der Waals surface area contributed by atoms with Crippen molar-refractivity contribution in [3.05, 3.63) is 0 Å². The molecule has 0 bridgehead atoms. The lowest BCUT2D eigenvalue weighted by atomic mass is 9.77. The van der Waals surface area contributed by atoms with Crippen molar-refractivity contribution < 1.29 is 18.3 Å². The summed E-state index contributed by atoms with van der Waals surface area (Å²) in [5.74, 6) is -2.73. The molecular formula is C12H20F2N2O2. The lowest BCUT2D eigenvalue weighted by molar-refractivity contribution is -0.174. The van der Waals surface area contributed by atoms with Gasteiger partial charge in [0.2, 0.25) is 0 Å². The molecule has 6 heteroatoms. The van der Waals surface area contributed by atoms with E-state index in [2.05, 4.69) is 5.32 Å². The van der Waals surface area contributed by atoms with Crippen molar-refractivity contribution >= 4 is 6.09 Å². The number of carbonyl (C=O) groups excluding carboxylic acids is 1. The number of carbonyl (C=O) groups is 1. The van der Waals surface area contributed by atoms with Crippen LogP contribution in [0.2, 0.25) is 0 Å². The molecule has 18 heavy (non-hydrogen) atoms. The number of nitrogens with one attached hydrogen (secondary N) is 1. The predicted octanol–water partition coefficient (Wildman–Crippen LogP) is 1.99. The zero-order chi connectivity index (χ0) is 13.6. The fourth-order valence-electron chi connectivity index (χ4n) is 2.45. The van der Waals surface area contributed by atoms with Gasteiger partial charge < -0.3 is 9.64 Å². The maximum Gasteiger partial charge on any atom is 0.410 e. The maximum absolute atomic E-state index is 13.6. The number of halogens is 2. The maximum atomic E-state index is 13.6. The standard InChI is InChI=1S/C12H20F2N2O2/c1-10(2,3)18-9(17)16-6-4-5-11(8-16)12(13,14)7-15-11/h15H,4-8H2,1-3H3/t11-/m1/s1. The molecule has 2 heterocycles. The Morgan fingerprint density at radius 3 is 2.50 bits per heavy atom. The first-order valence-electron chi connectivity index (χ1n) is 6.26. The van der Waals surface area contributed by atoms with Crippen LogP contribution in [0.4, 0.5) is 13.6 Å². The highest BCUT2D eigenvalue weighted by Crippen LogP contribution is 2.42. The van der Waals surface area contributed by atoms with Crippen LogP contribution in [-0.2, 0) is 4.74 Å². The molecule has 104 valence electrons. The first kappa shape index (κ1) is 13.5. The van der Waals surface area contributed by atoms with Crippen LogP contribution in [0, 0.1) is 0 Å². The summed E-state index contributed by atoms with van der Waals surface area (Å²) in [6, 6.07) is 0. The fraction of sp³-hybridized carbons (Fsp3) is 0.917. The van der Waals surface area contributed by atoms with Gasteiger partial charge in [-0.15, -0.1) is 0 Å². The normalized spacial score (nSPS) is 31.1. The molecule has 0 aromatic rings. The first-order chi connectivity index (χ1) is 8.15. The summed E-state index contributed by atoms with van der Waals surface area (Å²) < 4.78 is 32.4. The van der Waals surface area contributed by atoms with Crippen molar-refractivity contribution in [2.24, 2.45) is 0 Å². The van der Waals surface area contributed by atoms with Crippen LogP contribution in [0.3, 0.4) is 0 Å². The highest BCUT2D eigenvalue weighted by atomic mass is 19.3. The smallest absolute Gasteiger partial charge is 0.410 e. The van der Waals surface area contributed by atoms with Gasteiger partial charge in [-0.2, -0.15) is 0 Å². The van der Waals surface area contributed by atoms with E-state index in [9.17, 15) is 13.6 Å². The van der Waals surface area contributed by atoms with Gasteiger partial charge in [0.15, 0.2) is 0 Å². The molecule has 1 amide bonds. The molecule has 2 fully saturated rings. The molecule has 1 atom stereocenters. The zero-order valence-corrected chi connectivity index (χ0v) is 11.1. The molecule has 1 N–H and O–H groups in total. The summed E-state index contributed by atoms with van der Waals surface area (Å²) in [4.78, 5) is 13.3. The number of rotatable bonds is 0. The summed E-state index contributed by atoms with van der Waals surface area (Å²) >= 11 is 0. The molecule has 0 aliphatic carbocycles. The Bertz CT molecular complexity index is 354. The molecule has 0 saturated carbocycles. The topological polar surface area (TPSA) is 41.6 Å². The molecule has 1 spiro atoms. The van der Waals surface area contributed by atoms with Gasteiger partial charge >= 0.3 is 6.09 Å². The average Bonchev–Trinajstić information content (AvgIpc) is 2.25. The monoisotopic (exact) mass is 262 g/mol. The van der Waals surface area contributed by atoms with Crippen LogP contribution >= 0.6 is 0 Å². The van der Waals surface area contributed by atoms with E-state index in [1.165, 1.54) is 4.90 Å². The van der Waals surface area contributed by atoms with Crippen molar-refractivity contribution in [3.8, 4) is 0 Å². The van der Waals surface area contributed by atoms with Crippen LogP contribution < -0.4 is 5.32 Å². The number of alkyl halides is 2. The van der Waals surface area contributed by atoms with E-state index in [0.29, 0.717) is 19.4 Å². The lowest BCUT2D eigenvalue weighted by Crippen LogP contribution is -2.78. The Morgan fingerprint density at radius 2 is 2.06 bits per heavy atom. The predicted molar refractivity (Wildman–Crippen MR) is 62.7 cm³/mol. The number of hydrogen-bond acceptors (Lipinski definition) is 3. The third kappa shape index (κ3) is 2.30. The number of piperidine rings is 1. The average molecular weight is 262 g/mol. The van der Waals surface area contributed by atoms with Gasteiger partial charge in [-0.1, -0.05) is 0 Å². The third-order valence-electron chi connectivity index (χ3n) is 3.49. The summed E-state index contributed by atoms with van der Waals surface area (Å²) in [5, 5.41) is 2.80. The van der Waals surface area contributed by atoms with E-state index in [0.717, 1.165) is 0 Å². The van der Waals surface area contributed by atoms with Crippen molar-refractivity contribution in [1.82, 2.24) is 10.2 Å². The third-order valence-corrected chi connectivity index (χ3v) is 3.49. The van der Waals surface area contributed by atoms with Crippen molar-refractivity contribution in [2.75, 3.05) is 19.6 Å². The zero-order valence-electron chi connectivity index (χ0n) is 11.1. The molecule has 0 unspecified atom stereocenters. The number of nitrogens with zero attached hydrogens (tertiary/aromatic N) is 1. The number of likely N-dealkylation sites (tertiary alicyclic amines) is 1. The van der Waals surface area contributed by atoms with Crippen LogP contribution in [-0.4, -0.2) is 47.7 Å². The summed E-state index contributed by atoms with van der Waals surface area (Å²) in [5.41, 5.74) is -1.83. The van der Waals surface area contributed by atoms with Gasteiger partial charge in [0.25, 0.3) is 5.92 Å². The molecule has 4 nitrogen and oxygen atoms in total. The SMILES string of the molecule is CC(C)(C)OC(=O)N1CCC[C@]2(C1)NCC2(F)F. The quantitative estimate of drug-likeness (QED) is 0.726. The van der Waals surface area contributed by atoms with Crippen molar-refractivity contribution in [2.45, 2.75) is 50.7 Å². The Kier molecular flexibility index (Phi) is 3.04. The number of hydrogen-bond donors (Lipinski definition) is 1. The van der Waals surface area contributed by atoms with Crippen LogP contribution in [0.1, 0.15) is 33.6 Å². The molecule has 0 aromatic carbocycles. The van der Waals surface area contributed by atoms with Gasteiger partial charge in [0, 0.05) is 13.1 Å². The Morgan fingerprint density at radius 1 is 1.39 bits per heavy atom. The summed E-state index contributed by atoms with van der Waals surface area (Å²) in [6.45, 7) is 5.50. The van der Waals surface area contributed by atoms with Gasteiger partial charge in [0.1, 0.15) is 11.1 Å². The second-order valence-electron chi connectivity index (χ2n) is 6.15. The minimum Gasteiger partial charge on any atom is -0.444 e. The molecule has 2 aliphatic heterocycles. The molecule has 0 radical (unpaired) electrons. The van der Waals surface area contributed by atoms with Gasteiger partial charge in [-0.05, 0) is 33.6 Å². The van der Waals surface area contributed by atoms with Crippen LogP contribution in [0.25, 0.3) is 0 Å². The van der Waals surface area contributed by atoms with E-state index in [1.807, 2.05) is 0 Å². The van der Waals surface area contributed by atoms with Crippen LogP contribution in [0.15, 0.2) is 0 Å². The molecule has 0 aromatic heterocycles. The Hall–Kier alpha value is -0.910. The lowest BCUT2D eigenvalue weighted by Gasteiger charge is -2.54. The van der Waals surface area contributed by atoms with Gasteiger partial charge in [0.05, 0.1) is 6.54 Å². The number of amides is 1. The molecule has 2 rings (SSSR count). The largest absolute Gasteiger partial charge is 0.444 e. The second kappa shape index (κ2) is 4.05. The van der Waals surface area contributed by atoms with E-state index in [-0.39, 0.29) is 13.1 Å². The summed E-state index contributed by atoms with van der Waals surface area (Å²) in [6.07, 6.45) is 0.465. The Balaban J connectivity index is 2.02. The number of ether oxygens (including phenoxy) is 1.